The lowest BCUT2D eigenvalue weighted by Gasteiger charge is -2.16. The molecule has 0 radical (unpaired) electrons. The van der Waals surface area contributed by atoms with E-state index in [2.05, 4.69) is 10.6 Å². The van der Waals surface area contributed by atoms with E-state index in [0.717, 1.165) is 5.69 Å². The van der Waals surface area contributed by atoms with E-state index in [1.54, 1.807) is 25.2 Å². The summed E-state index contributed by atoms with van der Waals surface area (Å²) in [4.78, 5) is 11.5. The Morgan fingerprint density at radius 1 is 1.50 bits per heavy atom. The molecule has 0 aliphatic rings. The normalized spacial score (nSPS) is 12.0. The molecule has 5 heteroatoms. The fourth-order valence-corrected chi connectivity index (χ4v) is 1.70. The Morgan fingerprint density at radius 3 is 2.83 bits per heavy atom. The zero-order chi connectivity index (χ0) is 13.5. The van der Waals surface area contributed by atoms with Crippen molar-refractivity contribution >= 4 is 23.2 Å². The summed E-state index contributed by atoms with van der Waals surface area (Å²) in [5.74, 6) is -0.132. The first-order valence-corrected chi connectivity index (χ1v) is 6.32. The third-order valence-corrected chi connectivity index (χ3v) is 2.76. The molecule has 1 atom stereocenters. The molecule has 0 aliphatic heterocycles. The van der Waals surface area contributed by atoms with Crippen molar-refractivity contribution < 1.29 is 9.53 Å². The van der Waals surface area contributed by atoms with Crippen LogP contribution >= 0.6 is 11.6 Å². The van der Waals surface area contributed by atoms with Crippen molar-refractivity contribution in [3.05, 3.63) is 28.8 Å². The van der Waals surface area contributed by atoms with Crippen LogP contribution in [0.1, 0.15) is 24.2 Å². The van der Waals surface area contributed by atoms with Crippen LogP contribution < -0.4 is 10.6 Å². The topological polar surface area (TPSA) is 50.4 Å². The van der Waals surface area contributed by atoms with Crippen LogP contribution in [0.15, 0.2) is 18.2 Å². The van der Waals surface area contributed by atoms with E-state index in [0.29, 0.717) is 23.8 Å². The molecule has 0 saturated heterocycles. The highest BCUT2D eigenvalue weighted by Crippen LogP contribution is 2.23. The van der Waals surface area contributed by atoms with E-state index in [9.17, 15) is 4.79 Å². The Labute approximate surface area is 113 Å². The van der Waals surface area contributed by atoms with Gasteiger partial charge in [0, 0.05) is 25.3 Å². The van der Waals surface area contributed by atoms with Gasteiger partial charge in [-0.05, 0) is 32.0 Å². The molecule has 18 heavy (non-hydrogen) atoms. The fraction of sp³-hybridized carbons (Fsp3) is 0.462. The maximum absolute atomic E-state index is 11.5. The van der Waals surface area contributed by atoms with Crippen LogP contribution in [0.3, 0.4) is 0 Å². The summed E-state index contributed by atoms with van der Waals surface area (Å²) in [7, 11) is 1.60. The number of anilines is 1. The molecule has 2 N–H and O–H groups in total. The average molecular weight is 271 g/mol. The van der Waals surface area contributed by atoms with Gasteiger partial charge in [-0.1, -0.05) is 11.6 Å². The highest BCUT2D eigenvalue weighted by molar-refractivity contribution is 6.33. The second kappa shape index (κ2) is 7.24. The average Bonchev–Trinajstić information content (AvgIpc) is 2.38. The van der Waals surface area contributed by atoms with Crippen LogP contribution in [0.2, 0.25) is 5.02 Å². The Kier molecular flexibility index (Phi) is 5.95. The first kappa shape index (κ1) is 14.8. The molecule has 0 aromatic heterocycles. The second-order valence-corrected chi connectivity index (χ2v) is 4.39. The Morgan fingerprint density at radius 2 is 2.22 bits per heavy atom. The van der Waals surface area contributed by atoms with Crippen LogP contribution in [0.25, 0.3) is 0 Å². The maximum Gasteiger partial charge on any atom is 0.251 e. The van der Waals surface area contributed by atoms with Gasteiger partial charge in [-0.15, -0.1) is 0 Å². The number of hydrogen-bond donors (Lipinski definition) is 2. The molecule has 1 amide bonds. The zero-order valence-corrected chi connectivity index (χ0v) is 11.7. The molecule has 1 unspecified atom stereocenters. The first-order valence-electron chi connectivity index (χ1n) is 5.94. The van der Waals surface area contributed by atoms with Crippen molar-refractivity contribution in [2.75, 3.05) is 25.6 Å². The fourth-order valence-electron chi connectivity index (χ4n) is 1.52. The number of nitrogens with one attached hydrogen (secondary N) is 2. The number of halogens is 1. The lowest BCUT2D eigenvalue weighted by Crippen LogP contribution is -2.23. The van der Waals surface area contributed by atoms with E-state index < -0.39 is 0 Å². The van der Waals surface area contributed by atoms with E-state index in [-0.39, 0.29) is 11.9 Å². The van der Waals surface area contributed by atoms with Crippen LogP contribution in [0.5, 0.6) is 0 Å². The van der Waals surface area contributed by atoms with Gasteiger partial charge in [0.2, 0.25) is 0 Å². The number of benzene rings is 1. The van der Waals surface area contributed by atoms with Crippen LogP contribution in [0.4, 0.5) is 5.69 Å². The van der Waals surface area contributed by atoms with E-state index >= 15 is 0 Å². The lowest BCUT2D eigenvalue weighted by atomic mass is 10.1. The SMILES string of the molecule is CCOCC(C)Nc1cc(C(=O)NC)ccc1Cl. The van der Waals surface area contributed by atoms with Gasteiger partial charge < -0.3 is 15.4 Å². The highest BCUT2D eigenvalue weighted by Gasteiger charge is 2.09. The van der Waals surface area contributed by atoms with Gasteiger partial charge in [0.1, 0.15) is 0 Å². The summed E-state index contributed by atoms with van der Waals surface area (Å²) in [6, 6.07) is 5.27. The second-order valence-electron chi connectivity index (χ2n) is 3.98. The summed E-state index contributed by atoms with van der Waals surface area (Å²) in [5.41, 5.74) is 1.32. The minimum absolute atomic E-state index is 0.127. The van der Waals surface area contributed by atoms with Crippen molar-refractivity contribution in [3.8, 4) is 0 Å². The summed E-state index contributed by atoms with van der Waals surface area (Å²) >= 11 is 6.09. The molecule has 0 aliphatic carbocycles. The van der Waals surface area contributed by atoms with Gasteiger partial charge in [-0.25, -0.2) is 0 Å². The van der Waals surface area contributed by atoms with Gasteiger partial charge in [0.25, 0.3) is 5.91 Å². The molecule has 0 saturated carbocycles. The molecular formula is C13H19ClN2O2. The molecule has 0 heterocycles. The van der Waals surface area contributed by atoms with Crippen molar-refractivity contribution in [1.29, 1.82) is 0 Å². The molecule has 0 bridgehead atoms. The van der Waals surface area contributed by atoms with Crippen molar-refractivity contribution in [2.24, 2.45) is 0 Å². The minimum Gasteiger partial charge on any atom is -0.380 e. The predicted octanol–water partition coefficient (Wildman–Crippen LogP) is 2.54. The monoisotopic (exact) mass is 270 g/mol. The maximum atomic E-state index is 11.5. The van der Waals surface area contributed by atoms with E-state index in [1.165, 1.54) is 0 Å². The molecule has 1 aromatic carbocycles. The molecule has 100 valence electrons. The van der Waals surface area contributed by atoms with Gasteiger partial charge in [0.15, 0.2) is 0 Å². The largest absolute Gasteiger partial charge is 0.380 e. The molecule has 1 aromatic rings. The quantitative estimate of drug-likeness (QED) is 0.835. The number of carbonyl (C=O) groups is 1. The number of ether oxygens (including phenoxy) is 1. The zero-order valence-electron chi connectivity index (χ0n) is 10.9. The number of carbonyl (C=O) groups excluding carboxylic acids is 1. The van der Waals surface area contributed by atoms with Crippen molar-refractivity contribution in [3.63, 3.8) is 0 Å². The minimum atomic E-state index is -0.132. The molecule has 4 nitrogen and oxygen atoms in total. The van der Waals surface area contributed by atoms with Crippen LogP contribution in [-0.2, 0) is 4.74 Å². The van der Waals surface area contributed by atoms with E-state index in [4.69, 9.17) is 16.3 Å². The summed E-state index contributed by atoms with van der Waals surface area (Å²) in [6.07, 6.45) is 0. The highest BCUT2D eigenvalue weighted by atomic mass is 35.5. The van der Waals surface area contributed by atoms with Gasteiger partial charge >= 0.3 is 0 Å². The van der Waals surface area contributed by atoms with E-state index in [1.807, 2.05) is 13.8 Å². The molecule has 0 fully saturated rings. The molecule has 0 spiro atoms. The smallest absolute Gasteiger partial charge is 0.251 e. The summed E-state index contributed by atoms with van der Waals surface area (Å²) in [5, 5.41) is 6.40. The third kappa shape index (κ3) is 4.20. The molecular weight excluding hydrogens is 252 g/mol. The number of hydrogen-bond acceptors (Lipinski definition) is 3. The Balaban J connectivity index is 2.77. The lowest BCUT2D eigenvalue weighted by molar-refractivity contribution is 0.0963. The number of amides is 1. The number of rotatable bonds is 6. The summed E-state index contributed by atoms with van der Waals surface area (Å²) < 4.78 is 5.32. The molecule has 1 rings (SSSR count). The predicted molar refractivity (Wildman–Crippen MR) is 74.4 cm³/mol. The Bertz CT molecular complexity index is 410. The summed E-state index contributed by atoms with van der Waals surface area (Å²) in [6.45, 7) is 5.22. The van der Waals surface area contributed by atoms with Crippen molar-refractivity contribution in [2.45, 2.75) is 19.9 Å². The first-order chi connectivity index (χ1) is 8.58. The van der Waals surface area contributed by atoms with Gasteiger partial charge in [-0.3, -0.25) is 4.79 Å². The van der Waals surface area contributed by atoms with Crippen LogP contribution in [-0.4, -0.2) is 32.2 Å². The standard InChI is InChI=1S/C13H19ClN2O2/c1-4-18-8-9(2)16-12-7-10(13(17)15-3)5-6-11(12)14/h5-7,9,16H,4,8H2,1-3H3,(H,15,17). The van der Waals surface area contributed by atoms with Crippen molar-refractivity contribution in [1.82, 2.24) is 5.32 Å². The third-order valence-electron chi connectivity index (χ3n) is 2.43. The Hall–Kier alpha value is -1.26. The van der Waals surface area contributed by atoms with Crippen LogP contribution in [0, 0.1) is 0 Å². The van der Waals surface area contributed by atoms with Gasteiger partial charge in [-0.2, -0.15) is 0 Å². The van der Waals surface area contributed by atoms with Gasteiger partial charge in [0.05, 0.1) is 17.3 Å².